The Hall–Kier alpha value is -1.94. The number of hydrogen-bond acceptors (Lipinski definition) is 15. The van der Waals surface area contributed by atoms with E-state index in [1.165, 1.54) is 154 Å². The fourth-order valence-corrected chi connectivity index (χ4v) is 11.6. The van der Waals surface area contributed by atoms with Crippen molar-refractivity contribution in [3.05, 3.63) is 0 Å². The van der Waals surface area contributed by atoms with Crippen LogP contribution in [0.3, 0.4) is 0 Å². The summed E-state index contributed by atoms with van der Waals surface area (Å²) in [5, 5.41) is 10.5. The summed E-state index contributed by atoms with van der Waals surface area (Å²) in [5.41, 5.74) is 0. The van der Waals surface area contributed by atoms with Gasteiger partial charge in [0, 0.05) is 25.7 Å². The zero-order valence-corrected chi connectivity index (χ0v) is 56.4. The first-order valence-corrected chi connectivity index (χ1v) is 37.8. The van der Waals surface area contributed by atoms with Crippen molar-refractivity contribution in [3.63, 3.8) is 0 Å². The molecule has 0 aliphatic carbocycles. The molecule has 0 heterocycles. The number of ether oxygens (including phenoxy) is 4. The average Bonchev–Trinajstić information content (AvgIpc) is 3.50. The maximum Gasteiger partial charge on any atom is 0.472 e. The minimum absolute atomic E-state index is 0.103. The lowest BCUT2D eigenvalue weighted by atomic mass is 10.0. The number of rotatable bonds is 67. The molecule has 0 amide bonds. The molecule has 0 rings (SSSR count). The number of phosphoric acid groups is 2. The molecule has 0 saturated heterocycles. The molecule has 0 aliphatic heterocycles. The molecule has 85 heavy (non-hydrogen) atoms. The van der Waals surface area contributed by atoms with Crippen LogP contribution in [0.5, 0.6) is 0 Å². The molecule has 0 spiro atoms. The Morgan fingerprint density at radius 3 is 0.694 bits per heavy atom. The van der Waals surface area contributed by atoms with Gasteiger partial charge in [0.15, 0.2) is 12.2 Å². The van der Waals surface area contributed by atoms with E-state index in [0.29, 0.717) is 25.7 Å². The van der Waals surface area contributed by atoms with Crippen molar-refractivity contribution < 1.29 is 80.2 Å². The summed E-state index contributed by atoms with van der Waals surface area (Å²) in [6.45, 7) is 4.78. The SMILES string of the molecule is CCCCCCCCCCCCCCCCCCCCCC(=O)O[C@H](COC(=O)CCCCCCCCCCCCCCCC)COP(=O)(O)OC[C@@H](O)COP(=O)(O)OC[C@@H](COC(=O)CCCCCCC)OC(=O)CCCCCCCCC. The second kappa shape index (κ2) is 60.9. The Morgan fingerprint density at radius 1 is 0.282 bits per heavy atom. The third kappa shape index (κ3) is 60.7. The molecule has 5 atom stereocenters. The van der Waals surface area contributed by atoms with Crippen molar-refractivity contribution in [2.24, 2.45) is 0 Å². The number of hydrogen-bond donors (Lipinski definition) is 3. The quantitative estimate of drug-likeness (QED) is 0.0222. The number of carbonyl (C=O) groups is 4. The van der Waals surface area contributed by atoms with Crippen LogP contribution in [0.25, 0.3) is 0 Å². The number of esters is 4. The van der Waals surface area contributed by atoms with Gasteiger partial charge < -0.3 is 33.8 Å². The van der Waals surface area contributed by atoms with Gasteiger partial charge in [0.05, 0.1) is 26.4 Å². The molecule has 0 aromatic rings. The fraction of sp³-hybridized carbons (Fsp3) is 0.939. The maximum absolute atomic E-state index is 13.0. The summed E-state index contributed by atoms with van der Waals surface area (Å²) < 4.78 is 67.8. The van der Waals surface area contributed by atoms with Crippen LogP contribution in [0, 0.1) is 0 Å². The van der Waals surface area contributed by atoms with E-state index < -0.39 is 97.5 Å². The Bertz CT molecular complexity index is 1640. The fourth-order valence-electron chi connectivity index (χ4n) is 9.99. The molecule has 0 aromatic heterocycles. The Balaban J connectivity index is 5.10. The van der Waals surface area contributed by atoms with Crippen LogP contribution >= 0.6 is 15.6 Å². The van der Waals surface area contributed by atoms with Crippen LogP contribution in [-0.4, -0.2) is 96.7 Å². The zero-order valence-electron chi connectivity index (χ0n) is 54.6. The van der Waals surface area contributed by atoms with E-state index in [1.807, 2.05) is 0 Å². The highest BCUT2D eigenvalue weighted by atomic mass is 31.2. The number of carbonyl (C=O) groups excluding carboxylic acids is 4. The molecular formula is C66H128O17P2. The van der Waals surface area contributed by atoms with Gasteiger partial charge in [0.25, 0.3) is 0 Å². The van der Waals surface area contributed by atoms with Gasteiger partial charge in [-0.3, -0.25) is 37.3 Å². The van der Waals surface area contributed by atoms with E-state index in [9.17, 15) is 43.2 Å². The molecule has 2 unspecified atom stereocenters. The number of phosphoric ester groups is 2. The molecule has 0 fully saturated rings. The Kier molecular flexibility index (Phi) is 59.6. The lowest BCUT2D eigenvalue weighted by molar-refractivity contribution is -0.161. The topological polar surface area (TPSA) is 237 Å². The monoisotopic (exact) mass is 1250 g/mol. The predicted molar refractivity (Wildman–Crippen MR) is 340 cm³/mol. The van der Waals surface area contributed by atoms with Crippen molar-refractivity contribution in [2.45, 2.75) is 361 Å². The van der Waals surface area contributed by atoms with Gasteiger partial charge in [-0.05, 0) is 25.7 Å². The first-order valence-electron chi connectivity index (χ1n) is 34.8. The first kappa shape index (κ1) is 83.1. The van der Waals surface area contributed by atoms with E-state index in [2.05, 4.69) is 27.7 Å². The Morgan fingerprint density at radius 2 is 0.471 bits per heavy atom. The molecule has 0 bridgehead atoms. The Labute approximate surface area is 517 Å². The molecule has 17 nitrogen and oxygen atoms in total. The average molecular weight is 1260 g/mol. The van der Waals surface area contributed by atoms with Gasteiger partial charge in [-0.15, -0.1) is 0 Å². The van der Waals surface area contributed by atoms with Crippen molar-refractivity contribution >= 4 is 39.5 Å². The van der Waals surface area contributed by atoms with Crippen LogP contribution in [-0.2, 0) is 65.4 Å². The van der Waals surface area contributed by atoms with Gasteiger partial charge >= 0.3 is 39.5 Å². The lowest BCUT2D eigenvalue weighted by Gasteiger charge is -2.21. The highest BCUT2D eigenvalue weighted by molar-refractivity contribution is 7.47. The van der Waals surface area contributed by atoms with Gasteiger partial charge in [0.2, 0.25) is 0 Å². The minimum atomic E-state index is -4.94. The van der Waals surface area contributed by atoms with Gasteiger partial charge in [-0.25, -0.2) is 9.13 Å². The van der Waals surface area contributed by atoms with Crippen molar-refractivity contribution in [1.29, 1.82) is 0 Å². The van der Waals surface area contributed by atoms with Crippen molar-refractivity contribution in [3.8, 4) is 0 Å². The van der Waals surface area contributed by atoms with Crippen molar-refractivity contribution in [1.82, 2.24) is 0 Å². The minimum Gasteiger partial charge on any atom is -0.462 e. The van der Waals surface area contributed by atoms with E-state index >= 15 is 0 Å². The van der Waals surface area contributed by atoms with Gasteiger partial charge in [-0.2, -0.15) is 0 Å². The molecule has 0 aliphatic rings. The smallest absolute Gasteiger partial charge is 0.462 e. The number of aliphatic hydroxyl groups is 1. The van der Waals surface area contributed by atoms with Gasteiger partial charge in [0.1, 0.15) is 19.3 Å². The van der Waals surface area contributed by atoms with Crippen molar-refractivity contribution in [2.75, 3.05) is 39.6 Å². The van der Waals surface area contributed by atoms with Crippen LogP contribution in [0.15, 0.2) is 0 Å². The molecule has 0 radical (unpaired) electrons. The third-order valence-electron chi connectivity index (χ3n) is 15.4. The highest BCUT2D eigenvalue weighted by Gasteiger charge is 2.30. The number of unbranched alkanes of at least 4 members (excludes halogenated alkanes) is 41. The standard InChI is InChI=1S/C66H128O17P2/c1-5-9-13-17-20-22-24-26-28-29-30-31-32-34-36-38-41-45-49-53-66(71)83-62(57-77-64(69)51-47-43-40-37-35-33-27-25-23-21-18-14-10-6-2)59-81-85(74,75)79-55-60(67)54-78-84(72,73)80-58-61(56-76-63(68)50-46-42-16-12-8-4)82-65(70)52-48-44-39-19-15-11-7-3/h60-62,67H,5-59H2,1-4H3,(H,72,73)(H,74,75)/t60-,61+,62+/m0/s1. The summed E-state index contributed by atoms with van der Waals surface area (Å²) in [7, 11) is -9.87. The summed E-state index contributed by atoms with van der Waals surface area (Å²) in [6, 6.07) is 0. The van der Waals surface area contributed by atoms with Crippen LogP contribution in [0.1, 0.15) is 342 Å². The van der Waals surface area contributed by atoms with Crippen LogP contribution < -0.4 is 0 Å². The molecule has 19 heteroatoms. The molecule has 3 N–H and O–H groups in total. The maximum atomic E-state index is 13.0. The molecule has 0 aromatic carbocycles. The summed E-state index contributed by atoms with van der Waals surface area (Å²) >= 11 is 0. The first-order chi connectivity index (χ1) is 41.2. The number of aliphatic hydroxyl groups excluding tert-OH is 1. The van der Waals surface area contributed by atoms with E-state index in [4.69, 9.17) is 37.0 Å². The molecule has 504 valence electrons. The second-order valence-corrected chi connectivity index (χ2v) is 26.8. The van der Waals surface area contributed by atoms with E-state index in [0.717, 1.165) is 109 Å². The summed E-state index contributed by atoms with van der Waals surface area (Å²) in [4.78, 5) is 71.9. The largest absolute Gasteiger partial charge is 0.472 e. The van der Waals surface area contributed by atoms with E-state index in [-0.39, 0.29) is 25.7 Å². The molecular weight excluding hydrogens is 1130 g/mol. The summed E-state index contributed by atoms with van der Waals surface area (Å²) in [6.07, 6.45) is 47.8. The zero-order chi connectivity index (χ0) is 62.6. The van der Waals surface area contributed by atoms with E-state index in [1.54, 1.807) is 0 Å². The lowest BCUT2D eigenvalue weighted by Crippen LogP contribution is -2.30. The predicted octanol–water partition coefficient (Wildman–Crippen LogP) is 18.7. The normalized spacial score (nSPS) is 14.1. The second-order valence-electron chi connectivity index (χ2n) is 23.9. The van der Waals surface area contributed by atoms with Crippen LogP contribution in [0.4, 0.5) is 0 Å². The van der Waals surface area contributed by atoms with Gasteiger partial charge in [-0.1, -0.05) is 291 Å². The molecule has 0 saturated carbocycles. The summed E-state index contributed by atoms with van der Waals surface area (Å²) in [5.74, 6) is -2.14. The highest BCUT2D eigenvalue weighted by Crippen LogP contribution is 2.45. The van der Waals surface area contributed by atoms with Crippen LogP contribution in [0.2, 0.25) is 0 Å². The third-order valence-corrected chi connectivity index (χ3v) is 17.3.